The van der Waals surface area contributed by atoms with Gasteiger partial charge in [0.1, 0.15) is 0 Å². The number of amides is 1. The maximum Gasteiger partial charge on any atom is 0.251 e. The van der Waals surface area contributed by atoms with E-state index in [-0.39, 0.29) is 5.91 Å². The molecule has 1 aromatic carbocycles. The SMILES string of the molecule is CCc1ccc(C(=O)NC2CCC(C)(C)C2)cc1. The van der Waals surface area contributed by atoms with E-state index in [0.717, 1.165) is 24.8 Å². The number of carbonyl (C=O) groups excluding carboxylic acids is 1. The first-order valence-electron chi connectivity index (χ1n) is 6.90. The molecule has 2 nitrogen and oxygen atoms in total. The van der Waals surface area contributed by atoms with Crippen molar-refractivity contribution in [2.24, 2.45) is 5.41 Å². The fourth-order valence-electron chi connectivity index (χ4n) is 2.72. The zero-order valence-corrected chi connectivity index (χ0v) is 11.6. The number of aryl methyl sites for hydroxylation is 1. The average molecular weight is 245 g/mol. The highest BCUT2D eigenvalue weighted by atomic mass is 16.1. The Morgan fingerprint density at radius 1 is 1.33 bits per heavy atom. The summed E-state index contributed by atoms with van der Waals surface area (Å²) in [6.07, 6.45) is 4.41. The summed E-state index contributed by atoms with van der Waals surface area (Å²) in [5.41, 5.74) is 2.43. The molecule has 0 bridgehead atoms. The molecule has 0 radical (unpaired) electrons. The fourth-order valence-corrected chi connectivity index (χ4v) is 2.72. The van der Waals surface area contributed by atoms with E-state index in [1.54, 1.807) is 0 Å². The van der Waals surface area contributed by atoms with Crippen LogP contribution in [0.15, 0.2) is 24.3 Å². The van der Waals surface area contributed by atoms with E-state index in [0.29, 0.717) is 11.5 Å². The van der Waals surface area contributed by atoms with Crippen LogP contribution in [0.3, 0.4) is 0 Å². The van der Waals surface area contributed by atoms with Gasteiger partial charge < -0.3 is 5.32 Å². The van der Waals surface area contributed by atoms with Crippen LogP contribution in [0.1, 0.15) is 56.0 Å². The van der Waals surface area contributed by atoms with Gasteiger partial charge in [0, 0.05) is 11.6 Å². The molecule has 0 saturated heterocycles. The van der Waals surface area contributed by atoms with Crippen molar-refractivity contribution in [3.05, 3.63) is 35.4 Å². The lowest BCUT2D eigenvalue weighted by atomic mass is 9.92. The van der Waals surface area contributed by atoms with Crippen LogP contribution < -0.4 is 5.32 Å². The van der Waals surface area contributed by atoms with Gasteiger partial charge in [-0.1, -0.05) is 32.9 Å². The highest BCUT2D eigenvalue weighted by Gasteiger charge is 2.31. The van der Waals surface area contributed by atoms with Crippen LogP contribution in [0, 0.1) is 5.41 Å². The molecule has 1 aromatic rings. The van der Waals surface area contributed by atoms with E-state index in [4.69, 9.17) is 0 Å². The normalized spacial score (nSPS) is 21.8. The van der Waals surface area contributed by atoms with Crippen LogP contribution in [0.5, 0.6) is 0 Å². The molecule has 1 aliphatic carbocycles. The Bertz CT molecular complexity index is 419. The van der Waals surface area contributed by atoms with Gasteiger partial charge in [-0.3, -0.25) is 4.79 Å². The van der Waals surface area contributed by atoms with E-state index < -0.39 is 0 Å². The summed E-state index contributed by atoms with van der Waals surface area (Å²) in [5.74, 6) is 0.0698. The third-order valence-electron chi connectivity index (χ3n) is 3.93. The summed E-state index contributed by atoms with van der Waals surface area (Å²) in [6.45, 7) is 6.67. The summed E-state index contributed by atoms with van der Waals surface area (Å²) in [7, 11) is 0. The molecule has 0 spiro atoms. The molecule has 1 amide bonds. The second-order valence-corrected chi connectivity index (χ2v) is 6.13. The summed E-state index contributed by atoms with van der Waals surface area (Å²) in [5, 5.41) is 3.15. The smallest absolute Gasteiger partial charge is 0.251 e. The van der Waals surface area contributed by atoms with Crippen molar-refractivity contribution in [1.82, 2.24) is 5.32 Å². The van der Waals surface area contributed by atoms with E-state index in [1.807, 2.05) is 24.3 Å². The monoisotopic (exact) mass is 245 g/mol. The number of benzene rings is 1. The molecule has 0 aliphatic heterocycles. The third-order valence-corrected chi connectivity index (χ3v) is 3.93. The molecule has 98 valence electrons. The van der Waals surface area contributed by atoms with Crippen molar-refractivity contribution in [1.29, 1.82) is 0 Å². The predicted molar refractivity (Wildman–Crippen MR) is 74.7 cm³/mol. The van der Waals surface area contributed by atoms with E-state index in [1.165, 1.54) is 12.0 Å². The molecule has 18 heavy (non-hydrogen) atoms. The number of nitrogens with one attached hydrogen (secondary N) is 1. The molecule has 1 aliphatic rings. The number of hydrogen-bond acceptors (Lipinski definition) is 1. The van der Waals surface area contributed by atoms with Gasteiger partial charge >= 0.3 is 0 Å². The number of hydrogen-bond donors (Lipinski definition) is 1. The first-order chi connectivity index (χ1) is 8.50. The Labute approximate surface area is 110 Å². The van der Waals surface area contributed by atoms with E-state index >= 15 is 0 Å². The number of carbonyl (C=O) groups is 1. The van der Waals surface area contributed by atoms with Crippen molar-refractivity contribution in [2.75, 3.05) is 0 Å². The zero-order valence-electron chi connectivity index (χ0n) is 11.6. The van der Waals surface area contributed by atoms with Gasteiger partial charge in [0.15, 0.2) is 0 Å². The Morgan fingerprint density at radius 2 is 2.00 bits per heavy atom. The minimum absolute atomic E-state index is 0.0698. The minimum atomic E-state index is 0.0698. The van der Waals surface area contributed by atoms with Crippen LogP contribution in [-0.2, 0) is 6.42 Å². The van der Waals surface area contributed by atoms with Gasteiger partial charge in [-0.25, -0.2) is 0 Å². The molecule has 2 rings (SSSR count). The highest BCUT2D eigenvalue weighted by Crippen LogP contribution is 2.36. The highest BCUT2D eigenvalue weighted by molar-refractivity contribution is 5.94. The molecule has 0 heterocycles. The summed E-state index contributed by atoms with van der Waals surface area (Å²) >= 11 is 0. The van der Waals surface area contributed by atoms with Crippen molar-refractivity contribution in [3.63, 3.8) is 0 Å². The average Bonchev–Trinajstić information content (AvgIpc) is 2.68. The maximum absolute atomic E-state index is 12.1. The van der Waals surface area contributed by atoms with Crippen molar-refractivity contribution < 1.29 is 4.79 Å². The van der Waals surface area contributed by atoms with Gasteiger partial charge in [0.25, 0.3) is 5.91 Å². The first-order valence-corrected chi connectivity index (χ1v) is 6.90. The van der Waals surface area contributed by atoms with Gasteiger partial charge in [-0.2, -0.15) is 0 Å². The number of rotatable bonds is 3. The molecule has 1 fully saturated rings. The first kappa shape index (κ1) is 13.1. The summed E-state index contributed by atoms with van der Waals surface area (Å²) < 4.78 is 0. The predicted octanol–water partition coefficient (Wildman–Crippen LogP) is 3.56. The Hall–Kier alpha value is -1.31. The maximum atomic E-state index is 12.1. The topological polar surface area (TPSA) is 29.1 Å². The standard InChI is InChI=1S/C16H23NO/c1-4-12-5-7-13(8-6-12)15(18)17-14-9-10-16(2,3)11-14/h5-8,14H,4,9-11H2,1-3H3,(H,17,18). The van der Waals surface area contributed by atoms with Gasteiger partial charge in [0.05, 0.1) is 0 Å². The molecule has 2 heteroatoms. The lowest BCUT2D eigenvalue weighted by molar-refractivity contribution is 0.0936. The Balaban J connectivity index is 1.95. The summed E-state index contributed by atoms with van der Waals surface area (Å²) in [4.78, 5) is 12.1. The fraction of sp³-hybridized carbons (Fsp3) is 0.562. The lowest BCUT2D eigenvalue weighted by Crippen LogP contribution is -2.33. The van der Waals surface area contributed by atoms with Crippen LogP contribution >= 0.6 is 0 Å². The molecule has 1 unspecified atom stereocenters. The molecule has 1 atom stereocenters. The zero-order chi connectivity index (χ0) is 13.2. The third kappa shape index (κ3) is 3.12. The van der Waals surface area contributed by atoms with Crippen molar-refractivity contribution in [3.8, 4) is 0 Å². The van der Waals surface area contributed by atoms with E-state index in [9.17, 15) is 4.79 Å². The van der Waals surface area contributed by atoms with Gasteiger partial charge in [-0.05, 0) is 48.8 Å². The van der Waals surface area contributed by atoms with Crippen molar-refractivity contribution in [2.45, 2.75) is 52.5 Å². The van der Waals surface area contributed by atoms with E-state index in [2.05, 4.69) is 26.1 Å². The van der Waals surface area contributed by atoms with Crippen LogP contribution in [0.25, 0.3) is 0 Å². The molecule has 0 aromatic heterocycles. The van der Waals surface area contributed by atoms with Gasteiger partial charge in [0.2, 0.25) is 0 Å². The Kier molecular flexibility index (Phi) is 3.74. The van der Waals surface area contributed by atoms with Crippen LogP contribution in [-0.4, -0.2) is 11.9 Å². The largest absolute Gasteiger partial charge is 0.349 e. The molecule has 1 saturated carbocycles. The second-order valence-electron chi connectivity index (χ2n) is 6.13. The Morgan fingerprint density at radius 3 is 2.50 bits per heavy atom. The minimum Gasteiger partial charge on any atom is -0.349 e. The lowest BCUT2D eigenvalue weighted by Gasteiger charge is -2.17. The molecular formula is C16H23NO. The molecular weight excluding hydrogens is 222 g/mol. The molecule has 1 N–H and O–H groups in total. The second kappa shape index (κ2) is 5.13. The van der Waals surface area contributed by atoms with Gasteiger partial charge in [-0.15, -0.1) is 0 Å². The quantitative estimate of drug-likeness (QED) is 0.866. The van der Waals surface area contributed by atoms with Crippen molar-refractivity contribution >= 4 is 5.91 Å². The van der Waals surface area contributed by atoms with Crippen LogP contribution in [0.4, 0.5) is 0 Å². The van der Waals surface area contributed by atoms with Crippen LogP contribution in [0.2, 0.25) is 0 Å². The summed E-state index contributed by atoms with van der Waals surface area (Å²) in [6, 6.07) is 8.27.